The average Bonchev–Trinajstić information content (AvgIpc) is 2.32. The first-order valence-corrected chi connectivity index (χ1v) is 5.42. The minimum Gasteiger partial charge on any atom is -0.437 e. The molecule has 16 heavy (non-hydrogen) atoms. The topological polar surface area (TPSA) is 55.2 Å². The summed E-state index contributed by atoms with van der Waals surface area (Å²) in [6.45, 7) is -0.148. The van der Waals surface area contributed by atoms with Crippen LogP contribution in [0.4, 0.5) is 0 Å². The van der Waals surface area contributed by atoms with Crippen LogP contribution >= 0.6 is 15.9 Å². The normalized spacial score (nSPS) is 10.1. The van der Waals surface area contributed by atoms with Gasteiger partial charge in [-0.25, -0.2) is 4.98 Å². The third-order valence-corrected chi connectivity index (χ3v) is 2.39. The second-order valence-electron chi connectivity index (χ2n) is 3.06. The van der Waals surface area contributed by atoms with Gasteiger partial charge in [0.2, 0.25) is 5.88 Å². The minimum absolute atomic E-state index is 0.148. The van der Waals surface area contributed by atoms with Crippen LogP contribution in [0, 0.1) is 0 Å². The summed E-state index contributed by atoms with van der Waals surface area (Å²) >= 11 is 3.34. The van der Waals surface area contributed by atoms with Gasteiger partial charge in [0.05, 0.1) is 24.7 Å². The molecular formula is C11H9BrN2O2. The van der Waals surface area contributed by atoms with Gasteiger partial charge in [-0.15, -0.1) is 0 Å². The van der Waals surface area contributed by atoms with Gasteiger partial charge in [-0.05, 0) is 24.3 Å². The predicted octanol–water partition coefficient (Wildman–Crippen LogP) is 2.52. The van der Waals surface area contributed by atoms with E-state index in [2.05, 4.69) is 25.9 Å². The molecule has 0 radical (unpaired) electrons. The molecule has 82 valence electrons. The van der Waals surface area contributed by atoms with Gasteiger partial charge < -0.3 is 9.84 Å². The number of aliphatic hydroxyl groups is 1. The van der Waals surface area contributed by atoms with Crippen LogP contribution in [0.1, 0.15) is 5.69 Å². The Morgan fingerprint density at radius 2 is 1.94 bits per heavy atom. The van der Waals surface area contributed by atoms with E-state index in [-0.39, 0.29) is 6.61 Å². The van der Waals surface area contributed by atoms with Gasteiger partial charge in [-0.3, -0.25) is 4.98 Å². The summed E-state index contributed by atoms with van der Waals surface area (Å²) in [7, 11) is 0. The van der Waals surface area contributed by atoms with Crippen LogP contribution in [-0.2, 0) is 6.61 Å². The largest absolute Gasteiger partial charge is 0.437 e. The number of hydrogen-bond donors (Lipinski definition) is 1. The summed E-state index contributed by atoms with van der Waals surface area (Å²) in [6.07, 6.45) is 3.00. The van der Waals surface area contributed by atoms with Crippen molar-refractivity contribution >= 4 is 15.9 Å². The maximum absolute atomic E-state index is 8.90. The zero-order chi connectivity index (χ0) is 11.4. The zero-order valence-corrected chi connectivity index (χ0v) is 9.89. The van der Waals surface area contributed by atoms with E-state index in [9.17, 15) is 0 Å². The third kappa shape index (κ3) is 2.77. The summed E-state index contributed by atoms with van der Waals surface area (Å²) in [6, 6.07) is 7.38. The van der Waals surface area contributed by atoms with E-state index < -0.39 is 0 Å². The van der Waals surface area contributed by atoms with Gasteiger partial charge in [0.15, 0.2) is 0 Å². The fraction of sp³-hybridized carbons (Fsp3) is 0.0909. The van der Waals surface area contributed by atoms with E-state index in [1.807, 2.05) is 24.3 Å². The van der Waals surface area contributed by atoms with Crippen molar-refractivity contribution in [2.24, 2.45) is 0 Å². The average molecular weight is 281 g/mol. The summed E-state index contributed by atoms with van der Waals surface area (Å²) in [4.78, 5) is 7.97. The number of nitrogens with zero attached hydrogens (tertiary/aromatic N) is 2. The molecule has 0 aliphatic heterocycles. The molecule has 0 aliphatic rings. The fourth-order valence-corrected chi connectivity index (χ4v) is 1.40. The Morgan fingerprint density at radius 3 is 2.62 bits per heavy atom. The summed E-state index contributed by atoms with van der Waals surface area (Å²) < 4.78 is 6.45. The number of aromatic nitrogens is 2. The quantitative estimate of drug-likeness (QED) is 0.939. The SMILES string of the molecule is OCc1cncc(Oc2ccc(Br)cc2)n1. The molecule has 0 aliphatic carbocycles. The van der Waals surface area contributed by atoms with Crippen LogP contribution in [0.2, 0.25) is 0 Å². The molecule has 0 atom stereocenters. The summed E-state index contributed by atoms with van der Waals surface area (Å²) in [5.41, 5.74) is 0.481. The Morgan fingerprint density at radius 1 is 1.19 bits per heavy atom. The zero-order valence-electron chi connectivity index (χ0n) is 8.30. The first-order valence-electron chi connectivity index (χ1n) is 4.63. The second kappa shape index (κ2) is 5.05. The lowest BCUT2D eigenvalue weighted by molar-refractivity contribution is 0.274. The molecule has 0 spiro atoms. The Labute approximate surface area is 101 Å². The van der Waals surface area contributed by atoms with E-state index >= 15 is 0 Å². The highest BCUT2D eigenvalue weighted by Crippen LogP contribution is 2.21. The molecule has 2 aromatic rings. The van der Waals surface area contributed by atoms with Crippen molar-refractivity contribution in [3.05, 3.63) is 46.8 Å². The Hall–Kier alpha value is -1.46. The Kier molecular flexibility index (Phi) is 3.48. The van der Waals surface area contributed by atoms with Crippen molar-refractivity contribution in [1.29, 1.82) is 0 Å². The lowest BCUT2D eigenvalue weighted by Crippen LogP contribution is -1.94. The molecule has 0 saturated carbocycles. The molecule has 2 rings (SSSR count). The minimum atomic E-state index is -0.148. The van der Waals surface area contributed by atoms with Crippen LogP contribution in [-0.4, -0.2) is 15.1 Å². The van der Waals surface area contributed by atoms with E-state index in [0.29, 0.717) is 17.3 Å². The van der Waals surface area contributed by atoms with E-state index in [4.69, 9.17) is 9.84 Å². The van der Waals surface area contributed by atoms with Crippen molar-refractivity contribution < 1.29 is 9.84 Å². The highest BCUT2D eigenvalue weighted by molar-refractivity contribution is 9.10. The molecule has 0 amide bonds. The van der Waals surface area contributed by atoms with Gasteiger partial charge in [-0.2, -0.15) is 0 Å². The Bertz CT molecular complexity index is 474. The molecule has 5 heteroatoms. The van der Waals surface area contributed by atoms with Crippen LogP contribution in [0.5, 0.6) is 11.6 Å². The van der Waals surface area contributed by atoms with Crippen molar-refractivity contribution in [3.8, 4) is 11.6 Å². The van der Waals surface area contributed by atoms with Crippen molar-refractivity contribution in [1.82, 2.24) is 9.97 Å². The number of halogens is 1. The van der Waals surface area contributed by atoms with Crippen LogP contribution < -0.4 is 4.74 Å². The maximum Gasteiger partial charge on any atom is 0.238 e. The molecule has 4 nitrogen and oxygen atoms in total. The smallest absolute Gasteiger partial charge is 0.238 e. The molecule has 1 heterocycles. The lowest BCUT2D eigenvalue weighted by Gasteiger charge is -2.04. The number of hydrogen-bond acceptors (Lipinski definition) is 4. The number of rotatable bonds is 3. The second-order valence-corrected chi connectivity index (χ2v) is 3.98. The first kappa shape index (κ1) is 11.0. The molecule has 1 aromatic heterocycles. The summed E-state index contributed by atoms with van der Waals surface area (Å²) in [5, 5.41) is 8.90. The molecule has 0 bridgehead atoms. The van der Waals surface area contributed by atoms with Crippen LogP contribution in [0.3, 0.4) is 0 Å². The van der Waals surface area contributed by atoms with Gasteiger partial charge in [-0.1, -0.05) is 15.9 Å². The number of ether oxygens (including phenoxy) is 1. The van der Waals surface area contributed by atoms with Gasteiger partial charge >= 0.3 is 0 Å². The highest BCUT2D eigenvalue weighted by Gasteiger charge is 2.00. The molecule has 0 unspecified atom stereocenters. The van der Waals surface area contributed by atoms with Crippen LogP contribution in [0.15, 0.2) is 41.1 Å². The van der Waals surface area contributed by atoms with E-state index in [1.54, 1.807) is 0 Å². The first-order chi connectivity index (χ1) is 7.78. The maximum atomic E-state index is 8.90. The van der Waals surface area contributed by atoms with E-state index in [1.165, 1.54) is 12.4 Å². The lowest BCUT2D eigenvalue weighted by atomic mass is 10.3. The molecule has 0 fully saturated rings. The fourth-order valence-electron chi connectivity index (χ4n) is 1.14. The Balaban J connectivity index is 2.16. The summed E-state index contributed by atoms with van der Waals surface area (Å²) in [5.74, 6) is 1.04. The monoisotopic (exact) mass is 280 g/mol. The van der Waals surface area contributed by atoms with E-state index in [0.717, 1.165) is 4.47 Å². The highest BCUT2D eigenvalue weighted by atomic mass is 79.9. The van der Waals surface area contributed by atoms with Gasteiger partial charge in [0, 0.05) is 4.47 Å². The van der Waals surface area contributed by atoms with Gasteiger partial charge in [0.25, 0.3) is 0 Å². The molecule has 1 N–H and O–H groups in total. The molecular weight excluding hydrogens is 272 g/mol. The molecule has 0 saturated heterocycles. The predicted molar refractivity (Wildman–Crippen MR) is 62.2 cm³/mol. The standard InChI is InChI=1S/C11H9BrN2O2/c12-8-1-3-10(4-2-8)16-11-6-13-5-9(7-15)14-11/h1-6,15H,7H2. The molecule has 1 aromatic carbocycles. The van der Waals surface area contributed by atoms with Crippen molar-refractivity contribution in [2.75, 3.05) is 0 Å². The number of benzene rings is 1. The third-order valence-electron chi connectivity index (χ3n) is 1.86. The number of aliphatic hydroxyl groups excluding tert-OH is 1. The van der Waals surface area contributed by atoms with Crippen LogP contribution in [0.25, 0.3) is 0 Å². The van der Waals surface area contributed by atoms with Crippen molar-refractivity contribution in [3.63, 3.8) is 0 Å². The van der Waals surface area contributed by atoms with Gasteiger partial charge in [0.1, 0.15) is 5.75 Å². The van der Waals surface area contributed by atoms with Crippen molar-refractivity contribution in [2.45, 2.75) is 6.61 Å².